The average molecular weight is 179 g/mol. The Labute approximate surface area is 77.1 Å². The van der Waals surface area contributed by atoms with Gasteiger partial charge in [0.25, 0.3) is 0 Å². The molecule has 2 amide bonds. The van der Waals surface area contributed by atoms with Crippen LogP contribution < -0.4 is 16.6 Å². The van der Waals surface area contributed by atoms with Crippen molar-refractivity contribution < 1.29 is 4.79 Å². The van der Waals surface area contributed by atoms with Gasteiger partial charge in [-0.15, -0.1) is 0 Å². The van der Waals surface area contributed by atoms with Gasteiger partial charge in [0.15, 0.2) is 0 Å². The second-order valence-corrected chi connectivity index (χ2v) is 2.90. The van der Waals surface area contributed by atoms with Crippen LogP contribution in [-0.4, -0.2) is 6.03 Å². The van der Waals surface area contributed by atoms with Gasteiger partial charge >= 0.3 is 6.03 Å². The summed E-state index contributed by atoms with van der Waals surface area (Å²) in [7, 11) is 0. The minimum Gasteiger partial charge on any atom is -0.307 e. The number of carbonyl (C=O) groups excluding carboxylic acids is 1. The molecule has 0 aliphatic heterocycles. The molecule has 0 saturated heterocycles. The Hall–Kier alpha value is -1.55. The molecule has 4 nitrogen and oxygen atoms in total. The largest absolute Gasteiger partial charge is 0.333 e. The highest BCUT2D eigenvalue weighted by atomic mass is 16.2. The molecule has 0 aliphatic rings. The zero-order valence-corrected chi connectivity index (χ0v) is 7.72. The Morgan fingerprint density at radius 2 is 2.00 bits per heavy atom. The van der Waals surface area contributed by atoms with Crippen LogP contribution in [0.4, 0.5) is 10.5 Å². The number of hydrazine groups is 1. The lowest BCUT2D eigenvalue weighted by Crippen LogP contribution is -2.34. The fourth-order valence-electron chi connectivity index (χ4n) is 0.986. The topological polar surface area (TPSA) is 67.2 Å². The highest BCUT2D eigenvalue weighted by Crippen LogP contribution is 2.13. The lowest BCUT2D eigenvalue weighted by Gasteiger charge is -2.06. The maximum Gasteiger partial charge on any atom is 0.333 e. The smallest absolute Gasteiger partial charge is 0.307 e. The van der Waals surface area contributed by atoms with E-state index < -0.39 is 6.03 Å². The van der Waals surface area contributed by atoms with Crippen LogP contribution in [-0.2, 0) is 0 Å². The molecule has 0 aliphatic carbocycles. The van der Waals surface area contributed by atoms with Crippen LogP contribution >= 0.6 is 0 Å². The fourth-order valence-corrected chi connectivity index (χ4v) is 0.986. The van der Waals surface area contributed by atoms with Crippen LogP contribution in [0.25, 0.3) is 0 Å². The summed E-state index contributed by atoms with van der Waals surface area (Å²) >= 11 is 0. The van der Waals surface area contributed by atoms with Crippen molar-refractivity contribution in [2.24, 2.45) is 5.84 Å². The molecule has 1 aromatic carbocycles. The van der Waals surface area contributed by atoms with E-state index in [2.05, 4.69) is 5.32 Å². The van der Waals surface area contributed by atoms with Gasteiger partial charge in [-0.3, -0.25) is 5.43 Å². The number of anilines is 1. The highest BCUT2D eigenvalue weighted by Gasteiger charge is 1.99. The number of hydrogen-bond donors (Lipinski definition) is 3. The normalized spacial score (nSPS) is 9.46. The molecule has 0 aromatic heterocycles. The summed E-state index contributed by atoms with van der Waals surface area (Å²) in [5.41, 5.74) is 5.07. The van der Waals surface area contributed by atoms with Crippen molar-refractivity contribution in [1.82, 2.24) is 5.43 Å². The number of nitrogens with two attached hydrogens (primary N) is 1. The van der Waals surface area contributed by atoms with Gasteiger partial charge in [-0.2, -0.15) is 0 Å². The molecule has 1 aromatic rings. The van der Waals surface area contributed by atoms with Gasteiger partial charge in [-0.1, -0.05) is 6.07 Å². The van der Waals surface area contributed by atoms with Gasteiger partial charge < -0.3 is 5.32 Å². The third kappa shape index (κ3) is 2.45. The van der Waals surface area contributed by atoms with Crippen molar-refractivity contribution in [3.63, 3.8) is 0 Å². The predicted octanol–water partition coefficient (Wildman–Crippen LogP) is 1.30. The Kier molecular flexibility index (Phi) is 2.87. The molecule has 0 fully saturated rings. The van der Waals surface area contributed by atoms with E-state index >= 15 is 0 Å². The van der Waals surface area contributed by atoms with E-state index in [0.29, 0.717) is 0 Å². The van der Waals surface area contributed by atoms with Crippen molar-refractivity contribution in [2.45, 2.75) is 13.8 Å². The first-order chi connectivity index (χ1) is 6.13. The second kappa shape index (κ2) is 3.91. The first kappa shape index (κ1) is 9.54. The number of rotatable bonds is 1. The number of amides is 2. The maximum atomic E-state index is 10.8. The summed E-state index contributed by atoms with van der Waals surface area (Å²) in [6, 6.07) is 5.26. The monoisotopic (exact) mass is 179 g/mol. The van der Waals surface area contributed by atoms with Crippen LogP contribution in [0.3, 0.4) is 0 Å². The van der Waals surface area contributed by atoms with Gasteiger partial charge in [0.2, 0.25) is 0 Å². The summed E-state index contributed by atoms with van der Waals surface area (Å²) in [6.07, 6.45) is 0. The number of hydrogen-bond acceptors (Lipinski definition) is 2. The lowest BCUT2D eigenvalue weighted by molar-refractivity contribution is 0.252. The van der Waals surface area contributed by atoms with Crippen LogP contribution in [0.2, 0.25) is 0 Å². The lowest BCUT2D eigenvalue weighted by atomic mass is 10.1. The Morgan fingerprint density at radius 3 is 2.54 bits per heavy atom. The van der Waals surface area contributed by atoms with Gasteiger partial charge in [-0.05, 0) is 37.1 Å². The molecule has 0 heterocycles. The summed E-state index contributed by atoms with van der Waals surface area (Å²) in [4.78, 5) is 10.8. The molecule has 1 rings (SSSR count). The van der Waals surface area contributed by atoms with Crippen molar-refractivity contribution in [3.05, 3.63) is 29.3 Å². The molecule has 13 heavy (non-hydrogen) atoms. The Balaban J connectivity index is 2.79. The molecule has 4 heteroatoms. The zero-order valence-electron chi connectivity index (χ0n) is 7.72. The average Bonchev–Trinajstić information content (AvgIpc) is 2.11. The van der Waals surface area contributed by atoms with E-state index in [1.807, 2.05) is 37.5 Å². The molecule has 0 saturated carbocycles. The summed E-state index contributed by atoms with van der Waals surface area (Å²) in [6.45, 7) is 4.00. The Morgan fingerprint density at radius 1 is 1.31 bits per heavy atom. The van der Waals surface area contributed by atoms with E-state index in [1.165, 1.54) is 5.56 Å². The second-order valence-electron chi connectivity index (χ2n) is 2.90. The molecule has 4 N–H and O–H groups in total. The number of nitrogens with one attached hydrogen (secondary N) is 2. The van der Waals surface area contributed by atoms with Gasteiger partial charge in [0.05, 0.1) is 0 Å². The van der Waals surface area contributed by atoms with Crippen LogP contribution in [0.5, 0.6) is 0 Å². The molecule has 70 valence electrons. The third-order valence-electron chi connectivity index (χ3n) is 1.90. The molecule has 0 radical (unpaired) electrons. The first-order valence-electron chi connectivity index (χ1n) is 3.98. The van der Waals surface area contributed by atoms with Crippen molar-refractivity contribution in [3.8, 4) is 0 Å². The van der Waals surface area contributed by atoms with Crippen molar-refractivity contribution in [1.29, 1.82) is 0 Å². The van der Waals surface area contributed by atoms with E-state index in [9.17, 15) is 4.79 Å². The third-order valence-corrected chi connectivity index (χ3v) is 1.90. The minimum atomic E-state index is -0.414. The van der Waals surface area contributed by atoms with Crippen LogP contribution in [0, 0.1) is 13.8 Å². The van der Waals surface area contributed by atoms with Gasteiger partial charge in [0.1, 0.15) is 0 Å². The van der Waals surface area contributed by atoms with Crippen LogP contribution in [0.1, 0.15) is 11.1 Å². The van der Waals surface area contributed by atoms with E-state index in [-0.39, 0.29) is 0 Å². The summed E-state index contributed by atoms with van der Waals surface area (Å²) in [5, 5.41) is 2.58. The number of aryl methyl sites for hydroxylation is 2. The number of urea groups is 1. The molecule has 0 bridgehead atoms. The summed E-state index contributed by atoms with van der Waals surface area (Å²) < 4.78 is 0. The molecule has 0 atom stereocenters. The molecular weight excluding hydrogens is 166 g/mol. The summed E-state index contributed by atoms with van der Waals surface area (Å²) in [5.74, 6) is 4.93. The maximum absolute atomic E-state index is 10.8. The SMILES string of the molecule is Cc1ccc(NC(=O)NN)cc1C. The van der Waals surface area contributed by atoms with E-state index in [1.54, 1.807) is 0 Å². The predicted molar refractivity (Wildman–Crippen MR) is 52.3 cm³/mol. The van der Waals surface area contributed by atoms with E-state index in [4.69, 9.17) is 5.84 Å². The first-order valence-corrected chi connectivity index (χ1v) is 3.98. The molecule has 0 unspecified atom stereocenters. The van der Waals surface area contributed by atoms with Crippen molar-refractivity contribution in [2.75, 3.05) is 5.32 Å². The highest BCUT2D eigenvalue weighted by molar-refractivity contribution is 5.88. The quantitative estimate of drug-likeness (QED) is 0.345. The minimum absolute atomic E-state index is 0.414. The standard InChI is InChI=1S/C9H13N3O/c1-6-3-4-8(5-7(6)2)11-9(13)12-10/h3-5H,10H2,1-2H3,(H2,11,12,13). The van der Waals surface area contributed by atoms with Crippen LogP contribution in [0.15, 0.2) is 18.2 Å². The number of carbonyl (C=O) groups is 1. The van der Waals surface area contributed by atoms with Crippen molar-refractivity contribution >= 4 is 11.7 Å². The molecular formula is C9H13N3O. The van der Waals surface area contributed by atoms with Gasteiger partial charge in [-0.25, -0.2) is 10.6 Å². The van der Waals surface area contributed by atoms with E-state index in [0.717, 1.165) is 11.3 Å². The fraction of sp³-hybridized carbons (Fsp3) is 0.222. The zero-order chi connectivity index (χ0) is 9.84. The van der Waals surface area contributed by atoms with Gasteiger partial charge in [0, 0.05) is 5.69 Å². The molecule has 0 spiro atoms. The number of benzene rings is 1. The Bertz CT molecular complexity index is 323.